The Hall–Kier alpha value is -1.79. The summed E-state index contributed by atoms with van der Waals surface area (Å²) in [6.45, 7) is 3.12. The second-order valence-electron chi connectivity index (χ2n) is 7.13. The van der Waals surface area contributed by atoms with Crippen molar-refractivity contribution in [2.45, 2.75) is 24.3 Å². The molecular weight excluding hydrogens is 322 g/mol. The van der Waals surface area contributed by atoms with Gasteiger partial charge in [-0.25, -0.2) is 0 Å². The zero-order valence-corrected chi connectivity index (χ0v) is 14.8. The molecule has 3 unspecified atom stereocenters. The quantitative estimate of drug-likeness (QED) is 0.832. The number of carbonyl (C=O) groups excluding carboxylic acids is 1. The number of morpholine rings is 1. The third-order valence-corrected chi connectivity index (χ3v) is 5.70. The highest BCUT2D eigenvalue weighted by atomic mass is 16.5. The number of hydrogen-bond donors (Lipinski definition) is 0. The third kappa shape index (κ3) is 2.87. The fraction of sp³-hybridized carbons (Fsp3) is 0.632. The Morgan fingerprint density at radius 3 is 2.72 bits per heavy atom. The van der Waals surface area contributed by atoms with Crippen molar-refractivity contribution in [2.24, 2.45) is 5.92 Å². The first-order valence-corrected chi connectivity index (χ1v) is 8.87. The van der Waals surface area contributed by atoms with Gasteiger partial charge in [0, 0.05) is 30.6 Å². The van der Waals surface area contributed by atoms with Gasteiger partial charge in [-0.2, -0.15) is 0 Å². The van der Waals surface area contributed by atoms with Crippen LogP contribution >= 0.6 is 0 Å². The standard InChI is InChI=1S/C19H25NO5/c1-22-13-3-4-17(23-2)15(9-13)14-10-16(14)18(21)20-6-8-25-12-19(20)5-7-24-11-19/h3-4,9,14,16H,5-8,10-12H2,1-2H3. The number of rotatable bonds is 4. The Morgan fingerprint density at radius 2 is 2.00 bits per heavy atom. The molecule has 2 saturated heterocycles. The Morgan fingerprint density at radius 1 is 1.20 bits per heavy atom. The van der Waals surface area contributed by atoms with E-state index in [9.17, 15) is 4.79 Å². The van der Waals surface area contributed by atoms with E-state index in [1.165, 1.54) is 0 Å². The largest absolute Gasteiger partial charge is 0.497 e. The summed E-state index contributed by atoms with van der Waals surface area (Å²) < 4.78 is 22.1. The predicted octanol–water partition coefficient (Wildman–Crippen LogP) is 1.83. The minimum Gasteiger partial charge on any atom is -0.497 e. The van der Waals surface area contributed by atoms with E-state index in [1.54, 1.807) is 14.2 Å². The van der Waals surface area contributed by atoms with Gasteiger partial charge < -0.3 is 23.8 Å². The summed E-state index contributed by atoms with van der Waals surface area (Å²) >= 11 is 0. The lowest BCUT2D eigenvalue weighted by Gasteiger charge is -2.43. The minimum atomic E-state index is -0.263. The van der Waals surface area contributed by atoms with Crippen LogP contribution in [0.25, 0.3) is 0 Å². The maximum atomic E-state index is 13.2. The Labute approximate surface area is 148 Å². The van der Waals surface area contributed by atoms with Crippen LogP contribution in [0.15, 0.2) is 18.2 Å². The molecule has 25 heavy (non-hydrogen) atoms. The van der Waals surface area contributed by atoms with Crippen LogP contribution in [0.2, 0.25) is 0 Å². The van der Waals surface area contributed by atoms with Crippen molar-refractivity contribution in [3.63, 3.8) is 0 Å². The molecule has 1 amide bonds. The summed E-state index contributed by atoms with van der Waals surface area (Å²) in [5.41, 5.74) is 0.797. The molecule has 3 aliphatic rings. The van der Waals surface area contributed by atoms with Crippen molar-refractivity contribution in [2.75, 3.05) is 47.2 Å². The SMILES string of the molecule is COc1ccc(OC)c(C2CC2C(=O)N2CCOCC23CCOC3)c1. The zero-order valence-electron chi connectivity index (χ0n) is 14.8. The van der Waals surface area contributed by atoms with Gasteiger partial charge in [-0.15, -0.1) is 0 Å². The lowest BCUT2D eigenvalue weighted by molar-refractivity contribution is -0.151. The van der Waals surface area contributed by atoms with Gasteiger partial charge in [-0.3, -0.25) is 4.79 Å². The molecule has 1 saturated carbocycles. The Bertz CT molecular complexity index is 655. The molecule has 2 heterocycles. The van der Waals surface area contributed by atoms with E-state index in [4.69, 9.17) is 18.9 Å². The lowest BCUT2D eigenvalue weighted by Crippen LogP contribution is -2.60. The molecule has 0 aromatic heterocycles. The van der Waals surface area contributed by atoms with Crippen LogP contribution in [0.1, 0.15) is 24.3 Å². The van der Waals surface area contributed by atoms with Crippen LogP contribution in [0.5, 0.6) is 11.5 Å². The maximum absolute atomic E-state index is 13.2. The van der Waals surface area contributed by atoms with E-state index in [1.807, 2.05) is 23.1 Å². The van der Waals surface area contributed by atoms with Crippen molar-refractivity contribution in [1.29, 1.82) is 0 Å². The van der Waals surface area contributed by atoms with Crippen LogP contribution in [-0.2, 0) is 14.3 Å². The van der Waals surface area contributed by atoms with Crippen molar-refractivity contribution in [3.05, 3.63) is 23.8 Å². The van der Waals surface area contributed by atoms with E-state index in [-0.39, 0.29) is 23.3 Å². The van der Waals surface area contributed by atoms with Crippen molar-refractivity contribution in [1.82, 2.24) is 4.90 Å². The third-order valence-electron chi connectivity index (χ3n) is 5.70. The highest BCUT2D eigenvalue weighted by Gasteiger charge is 2.53. The molecule has 3 atom stereocenters. The van der Waals surface area contributed by atoms with E-state index in [0.717, 1.165) is 29.9 Å². The molecule has 6 heteroatoms. The number of nitrogens with zero attached hydrogens (tertiary/aromatic N) is 1. The van der Waals surface area contributed by atoms with Crippen molar-refractivity contribution >= 4 is 5.91 Å². The molecule has 1 spiro atoms. The molecule has 0 radical (unpaired) electrons. The molecule has 1 aromatic rings. The maximum Gasteiger partial charge on any atom is 0.227 e. The molecule has 1 aliphatic carbocycles. The van der Waals surface area contributed by atoms with E-state index < -0.39 is 0 Å². The summed E-state index contributed by atoms with van der Waals surface area (Å²) in [4.78, 5) is 15.2. The van der Waals surface area contributed by atoms with E-state index in [2.05, 4.69) is 0 Å². The summed E-state index contributed by atoms with van der Waals surface area (Å²) in [6, 6.07) is 5.79. The highest BCUT2D eigenvalue weighted by Crippen LogP contribution is 2.53. The van der Waals surface area contributed by atoms with Gasteiger partial charge >= 0.3 is 0 Å². The zero-order chi connectivity index (χ0) is 17.4. The first kappa shape index (κ1) is 16.7. The molecule has 136 valence electrons. The number of carbonyl (C=O) groups is 1. The fourth-order valence-electron chi connectivity index (χ4n) is 4.14. The predicted molar refractivity (Wildman–Crippen MR) is 91.1 cm³/mol. The van der Waals surface area contributed by atoms with E-state index >= 15 is 0 Å². The topological polar surface area (TPSA) is 57.2 Å². The number of hydrogen-bond acceptors (Lipinski definition) is 5. The molecule has 1 aromatic carbocycles. The second-order valence-corrected chi connectivity index (χ2v) is 7.13. The van der Waals surface area contributed by atoms with Crippen LogP contribution in [-0.4, -0.2) is 63.5 Å². The second kappa shape index (κ2) is 6.50. The Kier molecular flexibility index (Phi) is 4.33. The van der Waals surface area contributed by atoms with Gasteiger partial charge in [0.15, 0.2) is 0 Å². The number of benzene rings is 1. The minimum absolute atomic E-state index is 0.0107. The van der Waals surface area contributed by atoms with Crippen LogP contribution in [0, 0.1) is 5.92 Å². The molecule has 4 rings (SSSR count). The van der Waals surface area contributed by atoms with Crippen molar-refractivity contribution in [3.8, 4) is 11.5 Å². The average Bonchev–Trinajstić information content (AvgIpc) is 3.33. The molecular formula is C19H25NO5. The van der Waals surface area contributed by atoms with Gasteiger partial charge in [-0.05, 0) is 31.0 Å². The normalized spacial score (nSPS) is 31.2. The first-order valence-electron chi connectivity index (χ1n) is 8.87. The summed E-state index contributed by atoms with van der Waals surface area (Å²) in [7, 11) is 3.32. The van der Waals surface area contributed by atoms with Crippen LogP contribution in [0.3, 0.4) is 0 Å². The summed E-state index contributed by atoms with van der Waals surface area (Å²) in [6.07, 6.45) is 1.72. The first-order chi connectivity index (χ1) is 12.2. The molecule has 0 N–H and O–H groups in total. The molecule has 3 fully saturated rings. The smallest absolute Gasteiger partial charge is 0.227 e. The number of ether oxygens (including phenoxy) is 4. The lowest BCUT2D eigenvalue weighted by atomic mass is 9.94. The van der Waals surface area contributed by atoms with E-state index in [0.29, 0.717) is 33.0 Å². The highest BCUT2D eigenvalue weighted by molar-refractivity contribution is 5.84. The Balaban J connectivity index is 1.53. The molecule has 0 bridgehead atoms. The van der Waals surface area contributed by atoms with Crippen LogP contribution < -0.4 is 9.47 Å². The van der Waals surface area contributed by atoms with Gasteiger partial charge in [0.1, 0.15) is 11.5 Å². The number of methoxy groups -OCH3 is 2. The summed E-state index contributed by atoms with van der Waals surface area (Å²) in [5, 5.41) is 0. The summed E-state index contributed by atoms with van der Waals surface area (Å²) in [5.74, 6) is 2.04. The number of amides is 1. The van der Waals surface area contributed by atoms with Gasteiger partial charge in [0.05, 0.1) is 39.6 Å². The van der Waals surface area contributed by atoms with Crippen molar-refractivity contribution < 1.29 is 23.7 Å². The monoisotopic (exact) mass is 347 g/mol. The molecule has 2 aliphatic heterocycles. The molecule has 6 nitrogen and oxygen atoms in total. The van der Waals surface area contributed by atoms with Gasteiger partial charge in [-0.1, -0.05) is 0 Å². The fourth-order valence-corrected chi connectivity index (χ4v) is 4.14. The van der Waals surface area contributed by atoms with Crippen LogP contribution in [0.4, 0.5) is 0 Å². The average molecular weight is 347 g/mol. The van der Waals surface area contributed by atoms with Gasteiger partial charge in [0.2, 0.25) is 5.91 Å². The van der Waals surface area contributed by atoms with Gasteiger partial charge in [0.25, 0.3) is 0 Å².